The lowest BCUT2D eigenvalue weighted by Crippen LogP contribution is -2.14. The maximum atomic E-state index is 12.7. The summed E-state index contributed by atoms with van der Waals surface area (Å²) >= 11 is 0. The van der Waals surface area contributed by atoms with Gasteiger partial charge in [0.15, 0.2) is 11.5 Å². The number of amides is 1. The molecule has 1 aromatic heterocycles. The lowest BCUT2D eigenvalue weighted by Gasteiger charge is -2.13. The third-order valence-corrected chi connectivity index (χ3v) is 4.82. The fourth-order valence-electron chi connectivity index (χ4n) is 3.33. The number of aromatic nitrogens is 1. The summed E-state index contributed by atoms with van der Waals surface area (Å²) < 4.78 is 11.3. The highest BCUT2D eigenvalue weighted by atomic mass is 16.5. The number of carbonyl (C=O) groups excluding carboxylic acids is 1. The topological polar surface area (TPSA) is 60.5 Å². The van der Waals surface area contributed by atoms with Crippen molar-refractivity contribution in [3.05, 3.63) is 96.3 Å². The highest BCUT2D eigenvalue weighted by Gasteiger charge is 2.11. The van der Waals surface area contributed by atoms with E-state index in [0.29, 0.717) is 30.2 Å². The van der Waals surface area contributed by atoms with Crippen LogP contribution in [0.5, 0.6) is 11.5 Å². The average Bonchev–Trinajstić information content (AvgIpc) is 2.79. The summed E-state index contributed by atoms with van der Waals surface area (Å²) in [4.78, 5) is 16.7. The van der Waals surface area contributed by atoms with Gasteiger partial charge in [-0.2, -0.15) is 0 Å². The predicted octanol–water partition coefficient (Wildman–Crippen LogP) is 5.00. The van der Waals surface area contributed by atoms with Crippen LogP contribution in [0.2, 0.25) is 0 Å². The van der Waals surface area contributed by atoms with Crippen LogP contribution in [-0.2, 0) is 17.8 Å². The standard InChI is InChI=1S/C25H22N2O3/c1-29-23-10-9-21(16-24(23)30-17-18-11-13-26-14-12-18)27-25(28)15-20-7-4-6-19-5-2-3-8-22(19)20/h2-14,16H,15,17H2,1H3,(H,27,28). The molecule has 1 heterocycles. The Morgan fingerprint density at radius 3 is 2.57 bits per heavy atom. The first kappa shape index (κ1) is 19.5. The molecule has 0 saturated carbocycles. The van der Waals surface area contributed by atoms with Crippen molar-refractivity contribution in [3.63, 3.8) is 0 Å². The Hall–Kier alpha value is -3.86. The van der Waals surface area contributed by atoms with E-state index in [0.717, 1.165) is 21.9 Å². The van der Waals surface area contributed by atoms with Gasteiger partial charge in [0.25, 0.3) is 0 Å². The van der Waals surface area contributed by atoms with Crippen LogP contribution in [-0.4, -0.2) is 18.0 Å². The van der Waals surface area contributed by atoms with Crippen molar-refractivity contribution in [1.29, 1.82) is 0 Å². The minimum Gasteiger partial charge on any atom is -0.493 e. The van der Waals surface area contributed by atoms with Gasteiger partial charge in [0.1, 0.15) is 6.61 Å². The van der Waals surface area contributed by atoms with Gasteiger partial charge in [-0.25, -0.2) is 0 Å². The molecule has 1 amide bonds. The van der Waals surface area contributed by atoms with Gasteiger partial charge in [-0.3, -0.25) is 9.78 Å². The van der Waals surface area contributed by atoms with Crippen molar-refractivity contribution in [1.82, 2.24) is 4.98 Å². The second kappa shape index (κ2) is 9.09. The molecule has 0 unspecified atom stereocenters. The highest BCUT2D eigenvalue weighted by molar-refractivity contribution is 5.96. The molecular formula is C25H22N2O3. The quantitative estimate of drug-likeness (QED) is 0.476. The number of ether oxygens (including phenoxy) is 2. The molecule has 4 rings (SSSR count). The van der Waals surface area contributed by atoms with Crippen LogP contribution < -0.4 is 14.8 Å². The summed E-state index contributed by atoms with van der Waals surface area (Å²) in [5.74, 6) is 1.09. The summed E-state index contributed by atoms with van der Waals surface area (Å²) in [6.45, 7) is 0.381. The van der Waals surface area contributed by atoms with Crippen LogP contribution >= 0.6 is 0 Å². The molecule has 0 aliphatic rings. The first-order valence-corrected chi connectivity index (χ1v) is 9.69. The lowest BCUT2D eigenvalue weighted by molar-refractivity contribution is -0.115. The smallest absolute Gasteiger partial charge is 0.228 e. The van der Waals surface area contributed by atoms with Gasteiger partial charge in [0.2, 0.25) is 5.91 Å². The monoisotopic (exact) mass is 398 g/mol. The molecule has 0 saturated heterocycles. The van der Waals surface area contributed by atoms with E-state index in [4.69, 9.17) is 9.47 Å². The summed E-state index contributed by atoms with van der Waals surface area (Å²) in [7, 11) is 1.59. The van der Waals surface area contributed by atoms with Crippen molar-refractivity contribution in [2.75, 3.05) is 12.4 Å². The Kier molecular flexibility index (Phi) is 5.90. The van der Waals surface area contributed by atoms with Crippen molar-refractivity contribution in [3.8, 4) is 11.5 Å². The molecule has 5 nitrogen and oxygen atoms in total. The van der Waals surface area contributed by atoms with Gasteiger partial charge in [-0.05, 0) is 46.2 Å². The van der Waals surface area contributed by atoms with E-state index in [1.54, 1.807) is 37.7 Å². The summed E-state index contributed by atoms with van der Waals surface area (Å²) in [5, 5.41) is 5.17. The molecule has 0 aliphatic heterocycles. The summed E-state index contributed by atoms with van der Waals surface area (Å²) in [5.41, 5.74) is 2.65. The largest absolute Gasteiger partial charge is 0.493 e. The molecule has 4 aromatic rings. The number of hydrogen-bond acceptors (Lipinski definition) is 4. The van der Waals surface area contributed by atoms with Gasteiger partial charge in [-0.1, -0.05) is 42.5 Å². The number of nitrogens with one attached hydrogen (secondary N) is 1. The second-order valence-corrected chi connectivity index (χ2v) is 6.87. The van der Waals surface area contributed by atoms with Gasteiger partial charge in [0.05, 0.1) is 13.5 Å². The number of benzene rings is 3. The minimum absolute atomic E-state index is 0.0865. The maximum absolute atomic E-state index is 12.7. The molecule has 0 radical (unpaired) electrons. The van der Waals surface area contributed by atoms with E-state index in [-0.39, 0.29) is 5.91 Å². The van der Waals surface area contributed by atoms with Crippen molar-refractivity contribution in [2.45, 2.75) is 13.0 Å². The lowest BCUT2D eigenvalue weighted by atomic mass is 10.0. The van der Waals surface area contributed by atoms with E-state index in [1.165, 1.54) is 0 Å². The van der Waals surface area contributed by atoms with Crippen LogP contribution in [0, 0.1) is 0 Å². The number of hydrogen-bond donors (Lipinski definition) is 1. The summed E-state index contributed by atoms with van der Waals surface area (Å²) in [6.07, 6.45) is 3.74. The molecule has 0 atom stereocenters. The van der Waals surface area contributed by atoms with Gasteiger partial charge < -0.3 is 14.8 Å². The normalized spacial score (nSPS) is 10.6. The molecule has 0 bridgehead atoms. The third kappa shape index (κ3) is 4.58. The van der Waals surface area contributed by atoms with E-state index >= 15 is 0 Å². The van der Waals surface area contributed by atoms with Crippen LogP contribution in [0.4, 0.5) is 5.69 Å². The molecular weight excluding hydrogens is 376 g/mol. The van der Waals surface area contributed by atoms with Crippen molar-refractivity contribution < 1.29 is 14.3 Å². The molecule has 1 N–H and O–H groups in total. The zero-order chi connectivity index (χ0) is 20.8. The second-order valence-electron chi connectivity index (χ2n) is 6.87. The maximum Gasteiger partial charge on any atom is 0.228 e. The van der Waals surface area contributed by atoms with E-state index < -0.39 is 0 Å². The number of pyridine rings is 1. The number of carbonyl (C=O) groups is 1. The van der Waals surface area contributed by atoms with E-state index in [9.17, 15) is 4.79 Å². The Labute approximate surface area is 175 Å². The number of nitrogens with zero attached hydrogens (tertiary/aromatic N) is 1. The molecule has 30 heavy (non-hydrogen) atoms. The van der Waals surface area contributed by atoms with Gasteiger partial charge in [-0.15, -0.1) is 0 Å². The van der Waals surface area contributed by atoms with Gasteiger partial charge in [0, 0.05) is 24.1 Å². The van der Waals surface area contributed by atoms with Crippen LogP contribution in [0.1, 0.15) is 11.1 Å². The predicted molar refractivity (Wildman–Crippen MR) is 118 cm³/mol. The number of fused-ring (bicyclic) bond motifs is 1. The Morgan fingerprint density at radius 1 is 0.933 bits per heavy atom. The fraction of sp³-hybridized carbons (Fsp3) is 0.120. The first-order valence-electron chi connectivity index (χ1n) is 9.69. The van der Waals surface area contributed by atoms with Crippen molar-refractivity contribution >= 4 is 22.4 Å². The van der Waals surface area contributed by atoms with Crippen LogP contribution in [0.15, 0.2) is 85.2 Å². The molecule has 0 aliphatic carbocycles. The van der Waals surface area contributed by atoms with Crippen LogP contribution in [0.3, 0.4) is 0 Å². The SMILES string of the molecule is COc1ccc(NC(=O)Cc2cccc3ccccc23)cc1OCc1ccncc1. The summed E-state index contributed by atoms with van der Waals surface area (Å²) in [6, 6.07) is 23.2. The van der Waals surface area contributed by atoms with Gasteiger partial charge >= 0.3 is 0 Å². The Balaban J connectivity index is 1.47. The average molecular weight is 398 g/mol. The zero-order valence-electron chi connectivity index (χ0n) is 16.7. The Morgan fingerprint density at radius 2 is 1.73 bits per heavy atom. The molecule has 5 heteroatoms. The first-order chi connectivity index (χ1) is 14.7. The number of methoxy groups -OCH3 is 1. The molecule has 0 spiro atoms. The van der Waals surface area contributed by atoms with E-state index in [2.05, 4.69) is 10.3 Å². The Bertz CT molecular complexity index is 1150. The number of rotatable bonds is 7. The fourth-order valence-corrected chi connectivity index (χ4v) is 3.33. The third-order valence-electron chi connectivity index (χ3n) is 4.82. The van der Waals surface area contributed by atoms with Crippen molar-refractivity contribution in [2.24, 2.45) is 0 Å². The van der Waals surface area contributed by atoms with E-state index in [1.807, 2.05) is 54.6 Å². The molecule has 150 valence electrons. The van der Waals surface area contributed by atoms with Crippen LogP contribution in [0.25, 0.3) is 10.8 Å². The highest BCUT2D eigenvalue weighted by Crippen LogP contribution is 2.31. The zero-order valence-corrected chi connectivity index (χ0v) is 16.7. The molecule has 0 fully saturated rings. The molecule has 3 aromatic carbocycles. The minimum atomic E-state index is -0.0865. The number of anilines is 1.